The van der Waals surface area contributed by atoms with E-state index in [1.807, 2.05) is 6.07 Å². The molecular formula is C15H12BrN5O2. The lowest BCUT2D eigenvalue weighted by molar-refractivity contribution is 0.102. The van der Waals surface area contributed by atoms with E-state index in [1.54, 1.807) is 43.5 Å². The summed E-state index contributed by atoms with van der Waals surface area (Å²) in [6.07, 6.45) is 1.44. The van der Waals surface area contributed by atoms with Gasteiger partial charge in [0.1, 0.15) is 12.1 Å². The van der Waals surface area contributed by atoms with Gasteiger partial charge in [0.05, 0.1) is 18.4 Å². The minimum Gasteiger partial charge on any atom is -0.497 e. The number of anilines is 1. The Hall–Kier alpha value is -2.74. The number of amides is 1. The first-order valence-corrected chi connectivity index (χ1v) is 7.45. The third-order valence-electron chi connectivity index (χ3n) is 3.13. The van der Waals surface area contributed by atoms with Crippen molar-refractivity contribution in [1.29, 1.82) is 0 Å². The number of ether oxygens (including phenoxy) is 1. The van der Waals surface area contributed by atoms with E-state index in [-0.39, 0.29) is 5.91 Å². The van der Waals surface area contributed by atoms with E-state index in [4.69, 9.17) is 4.74 Å². The number of rotatable bonds is 4. The van der Waals surface area contributed by atoms with Crippen molar-refractivity contribution >= 4 is 27.5 Å². The number of benzene rings is 2. The van der Waals surface area contributed by atoms with Crippen LogP contribution in [0.5, 0.6) is 5.75 Å². The standard InChI is InChI=1S/C15H12BrN5O2/c1-23-12-4-2-3-11(8-12)18-15(22)13-7-10(16)5-6-14(13)21-9-17-19-20-21/h2-9H,1H3,(H,18,22). The maximum Gasteiger partial charge on any atom is 0.257 e. The summed E-state index contributed by atoms with van der Waals surface area (Å²) in [5, 5.41) is 13.9. The molecule has 7 nitrogen and oxygen atoms in total. The van der Waals surface area contributed by atoms with Crippen LogP contribution in [0, 0.1) is 0 Å². The van der Waals surface area contributed by atoms with Crippen LogP contribution >= 0.6 is 15.9 Å². The van der Waals surface area contributed by atoms with Gasteiger partial charge in [-0.05, 0) is 40.8 Å². The zero-order valence-electron chi connectivity index (χ0n) is 12.1. The highest BCUT2D eigenvalue weighted by Crippen LogP contribution is 2.22. The van der Waals surface area contributed by atoms with Gasteiger partial charge in [-0.3, -0.25) is 4.79 Å². The molecule has 0 aliphatic heterocycles. The van der Waals surface area contributed by atoms with E-state index in [1.165, 1.54) is 11.0 Å². The maximum atomic E-state index is 12.6. The number of hydrogen-bond donors (Lipinski definition) is 1. The summed E-state index contributed by atoms with van der Waals surface area (Å²) in [6.45, 7) is 0. The van der Waals surface area contributed by atoms with Gasteiger partial charge in [0.25, 0.3) is 5.91 Å². The maximum absolute atomic E-state index is 12.6. The predicted molar refractivity (Wildman–Crippen MR) is 87.8 cm³/mol. The lowest BCUT2D eigenvalue weighted by atomic mass is 10.1. The average Bonchev–Trinajstić information content (AvgIpc) is 3.09. The Morgan fingerprint density at radius 2 is 2.13 bits per heavy atom. The zero-order chi connectivity index (χ0) is 16.2. The van der Waals surface area contributed by atoms with Crippen LogP contribution in [0.3, 0.4) is 0 Å². The fraction of sp³-hybridized carbons (Fsp3) is 0.0667. The van der Waals surface area contributed by atoms with Gasteiger partial charge in [0.2, 0.25) is 0 Å². The van der Waals surface area contributed by atoms with E-state index < -0.39 is 0 Å². The molecule has 0 unspecified atom stereocenters. The number of carbonyl (C=O) groups is 1. The highest BCUT2D eigenvalue weighted by molar-refractivity contribution is 9.10. The van der Waals surface area contributed by atoms with Gasteiger partial charge < -0.3 is 10.1 Å². The molecule has 0 radical (unpaired) electrons. The molecule has 0 fully saturated rings. The van der Waals surface area contributed by atoms with Gasteiger partial charge in [-0.2, -0.15) is 4.68 Å². The smallest absolute Gasteiger partial charge is 0.257 e. The lowest BCUT2D eigenvalue weighted by Crippen LogP contribution is -2.15. The topological polar surface area (TPSA) is 81.9 Å². The Bertz CT molecular complexity index is 836. The molecule has 0 atom stereocenters. The van der Waals surface area contributed by atoms with Gasteiger partial charge in [-0.15, -0.1) is 5.10 Å². The first-order chi connectivity index (χ1) is 11.2. The number of carbonyl (C=O) groups excluding carboxylic acids is 1. The molecule has 0 bridgehead atoms. The van der Waals surface area contributed by atoms with Crippen LogP contribution in [0.4, 0.5) is 5.69 Å². The normalized spacial score (nSPS) is 10.3. The van der Waals surface area contributed by atoms with E-state index >= 15 is 0 Å². The van der Waals surface area contributed by atoms with Crippen molar-refractivity contribution in [3.8, 4) is 11.4 Å². The highest BCUT2D eigenvalue weighted by atomic mass is 79.9. The minimum atomic E-state index is -0.273. The largest absolute Gasteiger partial charge is 0.497 e. The summed E-state index contributed by atoms with van der Waals surface area (Å²) in [6, 6.07) is 12.4. The Kier molecular flexibility index (Phi) is 4.33. The molecule has 1 heterocycles. The van der Waals surface area contributed by atoms with E-state index in [0.717, 1.165) is 4.47 Å². The molecule has 0 saturated carbocycles. The summed E-state index contributed by atoms with van der Waals surface area (Å²) in [5.41, 5.74) is 1.66. The molecule has 1 amide bonds. The van der Waals surface area contributed by atoms with Crippen LogP contribution in [0.1, 0.15) is 10.4 Å². The van der Waals surface area contributed by atoms with Crippen molar-refractivity contribution < 1.29 is 9.53 Å². The molecule has 0 spiro atoms. The zero-order valence-corrected chi connectivity index (χ0v) is 13.7. The molecule has 1 N–H and O–H groups in total. The molecular weight excluding hydrogens is 362 g/mol. The number of aromatic nitrogens is 4. The van der Waals surface area contributed by atoms with Crippen molar-refractivity contribution in [3.05, 3.63) is 58.8 Å². The predicted octanol–water partition coefficient (Wildman–Crippen LogP) is 2.69. The van der Waals surface area contributed by atoms with E-state index in [9.17, 15) is 4.79 Å². The molecule has 3 rings (SSSR count). The number of hydrogen-bond acceptors (Lipinski definition) is 5. The minimum absolute atomic E-state index is 0.273. The molecule has 2 aromatic carbocycles. The third kappa shape index (κ3) is 3.37. The molecule has 0 aliphatic rings. The third-order valence-corrected chi connectivity index (χ3v) is 3.62. The first kappa shape index (κ1) is 15.2. The SMILES string of the molecule is COc1cccc(NC(=O)c2cc(Br)ccc2-n2cnnn2)c1. The van der Waals surface area contributed by atoms with Crippen LogP contribution in [-0.4, -0.2) is 33.2 Å². The molecule has 0 aliphatic carbocycles. The molecule has 3 aromatic rings. The summed E-state index contributed by atoms with van der Waals surface area (Å²) in [7, 11) is 1.57. The first-order valence-electron chi connectivity index (χ1n) is 6.65. The number of nitrogens with one attached hydrogen (secondary N) is 1. The van der Waals surface area contributed by atoms with Crippen molar-refractivity contribution in [2.24, 2.45) is 0 Å². The second kappa shape index (κ2) is 6.57. The second-order valence-electron chi connectivity index (χ2n) is 4.60. The molecule has 116 valence electrons. The summed E-state index contributed by atoms with van der Waals surface area (Å²) >= 11 is 3.38. The molecule has 23 heavy (non-hydrogen) atoms. The summed E-state index contributed by atoms with van der Waals surface area (Å²) < 4.78 is 7.37. The fourth-order valence-electron chi connectivity index (χ4n) is 2.06. The van der Waals surface area contributed by atoms with Crippen molar-refractivity contribution in [2.45, 2.75) is 0 Å². The average molecular weight is 374 g/mol. The monoisotopic (exact) mass is 373 g/mol. The molecule has 0 saturated heterocycles. The number of tetrazole rings is 1. The Morgan fingerprint density at radius 3 is 2.87 bits per heavy atom. The lowest BCUT2D eigenvalue weighted by Gasteiger charge is -2.11. The summed E-state index contributed by atoms with van der Waals surface area (Å²) in [5.74, 6) is 0.391. The van der Waals surface area contributed by atoms with E-state index in [0.29, 0.717) is 22.7 Å². The van der Waals surface area contributed by atoms with Gasteiger partial charge in [-0.25, -0.2) is 0 Å². The van der Waals surface area contributed by atoms with E-state index in [2.05, 4.69) is 36.8 Å². The summed E-state index contributed by atoms with van der Waals surface area (Å²) in [4.78, 5) is 12.6. The van der Waals surface area contributed by atoms with Gasteiger partial charge >= 0.3 is 0 Å². The number of methoxy groups -OCH3 is 1. The van der Waals surface area contributed by atoms with Gasteiger partial charge in [-0.1, -0.05) is 22.0 Å². The Balaban J connectivity index is 1.94. The highest BCUT2D eigenvalue weighted by Gasteiger charge is 2.15. The number of nitrogens with zero attached hydrogens (tertiary/aromatic N) is 4. The van der Waals surface area contributed by atoms with Crippen molar-refractivity contribution in [1.82, 2.24) is 20.2 Å². The van der Waals surface area contributed by atoms with Crippen LogP contribution in [-0.2, 0) is 0 Å². The van der Waals surface area contributed by atoms with Crippen LogP contribution in [0.15, 0.2) is 53.3 Å². The van der Waals surface area contributed by atoms with Crippen molar-refractivity contribution in [2.75, 3.05) is 12.4 Å². The van der Waals surface area contributed by atoms with Crippen molar-refractivity contribution in [3.63, 3.8) is 0 Å². The quantitative estimate of drug-likeness (QED) is 0.760. The van der Waals surface area contributed by atoms with Gasteiger partial charge in [0, 0.05) is 16.2 Å². The molecule has 8 heteroatoms. The second-order valence-corrected chi connectivity index (χ2v) is 5.52. The fourth-order valence-corrected chi connectivity index (χ4v) is 2.42. The van der Waals surface area contributed by atoms with Gasteiger partial charge in [0.15, 0.2) is 0 Å². The Morgan fingerprint density at radius 1 is 1.26 bits per heavy atom. The van der Waals surface area contributed by atoms with Crippen LogP contribution < -0.4 is 10.1 Å². The molecule has 1 aromatic heterocycles. The van der Waals surface area contributed by atoms with Crippen LogP contribution in [0.2, 0.25) is 0 Å². The number of halogens is 1. The van der Waals surface area contributed by atoms with Crippen LogP contribution in [0.25, 0.3) is 5.69 Å². The Labute approximate surface area is 140 Å².